The number of carbonyl (C=O) groups excluding carboxylic acids is 1. The number of carbonyl (C=O) groups is 1. The summed E-state index contributed by atoms with van der Waals surface area (Å²) in [7, 11) is 0. The van der Waals surface area contributed by atoms with Crippen LogP contribution in [0.2, 0.25) is 0 Å². The Bertz CT molecular complexity index is 166. The summed E-state index contributed by atoms with van der Waals surface area (Å²) in [5.41, 5.74) is 0. The minimum absolute atomic E-state index is 0.0337. The first-order valence-electron chi connectivity index (χ1n) is 6.92. The Morgan fingerprint density at radius 3 is 2.19 bits per heavy atom. The van der Waals surface area contributed by atoms with Gasteiger partial charge in [-0.3, -0.25) is 4.79 Å². The van der Waals surface area contributed by atoms with Crippen molar-refractivity contribution in [3.05, 3.63) is 0 Å². The quantitative estimate of drug-likeness (QED) is 0.411. The van der Waals surface area contributed by atoms with E-state index in [-0.39, 0.29) is 11.9 Å². The lowest BCUT2D eigenvalue weighted by Gasteiger charge is -2.14. The standard InChI is InChI=1S/C14H28O2/c1-4-7-9-11-13(10-6-3)14(15)16-12-8-5-2/h13H,4-12H2,1-3H3. The molecular weight excluding hydrogens is 200 g/mol. The molecule has 1 unspecified atom stereocenters. The lowest BCUT2D eigenvalue weighted by molar-refractivity contribution is -0.149. The summed E-state index contributed by atoms with van der Waals surface area (Å²) in [6, 6.07) is 0. The molecule has 0 radical (unpaired) electrons. The molecule has 2 heteroatoms. The Morgan fingerprint density at radius 1 is 0.938 bits per heavy atom. The van der Waals surface area contributed by atoms with Crippen LogP contribution in [0.25, 0.3) is 0 Å². The summed E-state index contributed by atoms with van der Waals surface area (Å²) >= 11 is 0. The topological polar surface area (TPSA) is 26.3 Å². The van der Waals surface area contributed by atoms with E-state index in [9.17, 15) is 4.79 Å². The molecule has 0 aromatic rings. The van der Waals surface area contributed by atoms with Crippen molar-refractivity contribution in [2.75, 3.05) is 6.61 Å². The van der Waals surface area contributed by atoms with Gasteiger partial charge in [-0.1, -0.05) is 52.9 Å². The Morgan fingerprint density at radius 2 is 1.62 bits per heavy atom. The predicted octanol–water partition coefficient (Wildman–Crippen LogP) is 4.33. The monoisotopic (exact) mass is 228 g/mol. The molecule has 1 atom stereocenters. The number of unbranched alkanes of at least 4 members (excludes halogenated alkanes) is 3. The Labute approximate surface area is 101 Å². The van der Waals surface area contributed by atoms with Crippen LogP contribution >= 0.6 is 0 Å². The van der Waals surface area contributed by atoms with E-state index in [0.29, 0.717) is 6.61 Å². The third-order valence-electron chi connectivity index (χ3n) is 2.87. The van der Waals surface area contributed by atoms with Crippen LogP contribution in [0, 0.1) is 5.92 Å². The van der Waals surface area contributed by atoms with Crippen LogP contribution in [-0.4, -0.2) is 12.6 Å². The van der Waals surface area contributed by atoms with E-state index in [2.05, 4.69) is 20.8 Å². The van der Waals surface area contributed by atoms with Crippen LogP contribution in [0.4, 0.5) is 0 Å². The van der Waals surface area contributed by atoms with Crippen molar-refractivity contribution in [2.24, 2.45) is 5.92 Å². The van der Waals surface area contributed by atoms with Gasteiger partial charge in [0.25, 0.3) is 0 Å². The highest BCUT2D eigenvalue weighted by Crippen LogP contribution is 2.17. The van der Waals surface area contributed by atoms with E-state index in [1.165, 1.54) is 12.8 Å². The Kier molecular flexibility index (Phi) is 10.6. The third kappa shape index (κ3) is 7.72. The molecule has 0 aliphatic heterocycles. The minimum Gasteiger partial charge on any atom is -0.465 e. The summed E-state index contributed by atoms with van der Waals surface area (Å²) in [4.78, 5) is 11.8. The van der Waals surface area contributed by atoms with E-state index < -0.39 is 0 Å². The van der Waals surface area contributed by atoms with Crippen molar-refractivity contribution in [1.82, 2.24) is 0 Å². The smallest absolute Gasteiger partial charge is 0.308 e. The summed E-state index contributed by atoms with van der Waals surface area (Å²) in [6.45, 7) is 7.03. The zero-order valence-electron chi connectivity index (χ0n) is 11.3. The van der Waals surface area contributed by atoms with Gasteiger partial charge in [0.05, 0.1) is 12.5 Å². The Hall–Kier alpha value is -0.530. The SMILES string of the molecule is CCCCCC(CCC)C(=O)OCCCC. The van der Waals surface area contributed by atoms with Crippen LogP contribution in [0.5, 0.6) is 0 Å². The van der Waals surface area contributed by atoms with Gasteiger partial charge >= 0.3 is 5.97 Å². The van der Waals surface area contributed by atoms with Crippen molar-refractivity contribution in [3.63, 3.8) is 0 Å². The second-order valence-corrected chi connectivity index (χ2v) is 4.50. The zero-order valence-corrected chi connectivity index (χ0v) is 11.3. The summed E-state index contributed by atoms with van der Waals surface area (Å²) in [5.74, 6) is 0.180. The molecule has 0 amide bonds. The molecule has 0 spiro atoms. The number of ether oxygens (including phenoxy) is 1. The van der Waals surface area contributed by atoms with E-state index in [0.717, 1.165) is 38.5 Å². The molecule has 0 saturated heterocycles. The van der Waals surface area contributed by atoms with Gasteiger partial charge in [0, 0.05) is 0 Å². The molecule has 0 aromatic heterocycles. The Balaban J connectivity index is 3.82. The van der Waals surface area contributed by atoms with Crippen molar-refractivity contribution in [2.45, 2.75) is 72.1 Å². The molecule has 0 aromatic carbocycles. The summed E-state index contributed by atoms with van der Waals surface area (Å²) < 4.78 is 5.29. The van der Waals surface area contributed by atoms with Crippen molar-refractivity contribution in [1.29, 1.82) is 0 Å². The first kappa shape index (κ1) is 15.5. The largest absolute Gasteiger partial charge is 0.465 e. The highest BCUT2D eigenvalue weighted by molar-refractivity contribution is 5.72. The van der Waals surface area contributed by atoms with Gasteiger partial charge in [-0.15, -0.1) is 0 Å². The molecule has 0 N–H and O–H groups in total. The maximum atomic E-state index is 11.8. The number of hydrogen-bond donors (Lipinski definition) is 0. The molecular formula is C14H28O2. The molecule has 0 bridgehead atoms. The average molecular weight is 228 g/mol. The fourth-order valence-electron chi connectivity index (χ4n) is 1.80. The van der Waals surface area contributed by atoms with Gasteiger partial charge in [-0.25, -0.2) is 0 Å². The van der Waals surface area contributed by atoms with E-state index in [4.69, 9.17) is 4.74 Å². The van der Waals surface area contributed by atoms with Crippen molar-refractivity contribution >= 4 is 5.97 Å². The van der Waals surface area contributed by atoms with Crippen LogP contribution < -0.4 is 0 Å². The average Bonchev–Trinajstić information content (AvgIpc) is 2.28. The van der Waals surface area contributed by atoms with Gasteiger partial charge in [0.15, 0.2) is 0 Å². The molecule has 0 saturated carbocycles. The maximum Gasteiger partial charge on any atom is 0.308 e. The fraction of sp³-hybridized carbons (Fsp3) is 0.929. The first-order chi connectivity index (χ1) is 7.76. The molecule has 96 valence electrons. The molecule has 0 fully saturated rings. The van der Waals surface area contributed by atoms with Crippen LogP contribution in [0.15, 0.2) is 0 Å². The number of hydrogen-bond acceptors (Lipinski definition) is 2. The van der Waals surface area contributed by atoms with Crippen LogP contribution in [0.1, 0.15) is 72.1 Å². The van der Waals surface area contributed by atoms with E-state index >= 15 is 0 Å². The van der Waals surface area contributed by atoms with Gasteiger partial charge in [0.2, 0.25) is 0 Å². The van der Waals surface area contributed by atoms with Gasteiger partial charge in [-0.05, 0) is 19.3 Å². The molecule has 0 aliphatic rings. The normalized spacial score (nSPS) is 12.4. The molecule has 0 heterocycles. The molecule has 0 aliphatic carbocycles. The molecule has 2 nitrogen and oxygen atoms in total. The van der Waals surface area contributed by atoms with Crippen LogP contribution in [0.3, 0.4) is 0 Å². The lowest BCUT2D eigenvalue weighted by Crippen LogP contribution is -2.18. The highest BCUT2D eigenvalue weighted by Gasteiger charge is 2.18. The molecule has 0 rings (SSSR count). The van der Waals surface area contributed by atoms with E-state index in [1.807, 2.05) is 0 Å². The van der Waals surface area contributed by atoms with Gasteiger partial charge in [0.1, 0.15) is 0 Å². The minimum atomic E-state index is 0.0337. The zero-order chi connectivity index (χ0) is 12.2. The number of esters is 1. The van der Waals surface area contributed by atoms with Crippen LogP contribution in [-0.2, 0) is 9.53 Å². The van der Waals surface area contributed by atoms with Gasteiger partial charge in [-0.2, -0.15) is 0 Å². The van der Waals surface area contributed by atoms with Gasteiger partial charge < -0.3 is 4.74 Å². The fourth-order valence-corrected chi connectivity index (χ4v) is 1.80. The second-order valence-electron chi connectivity index (χ2n) is 4.50. The summed E-state index contributed by atoms with van der Waals surface area (Å²) in [5, 5.41) is 0. The molecule has 16 heavy (non-hydrogen) atoms. The van der Waals surface area contributed by atoms with E-state index in [1.54, 1.807) is 0 Å². The predicted molar refractivity (Wildman–Crippen MR) is 68.4 cm³/mol. The summed E-state index contributed by atoms with van der Waals surface area (Å²) in [6.07, 6.45) is 8.72. The first-order valence-corrected chi connectivity index (χ1v) is 6.92. The second kappa shape index (κ2) is 11.0. The third-order valence-corrected chi connectivity index (χ3v) is 2.87. The number of rotatable bonds is 10. The lowest BCUT2D eigenvalue weighted by atomic mass is 9.97. The van der Waals surface area contributed by atoms with Crippen molar-refractivity contribution in [3.8, 4) is 0 Å². The van der Waals surface area contributed by atoms with Crippen molar-refractivity contribution < 1.29 is 9.53 Å². The highest BCUT2D eigenvalue weighted by atomic mass is 16.5. The maximum absolute atomic E-state index is 11.8.